The molecule has 2 aliphatic rings. The second kappa shape index (κ2) is 3.82. The summed E-state index contributed by atoms with van der Waals surface area (Å²) in [5.41, 5.74) is 0.642. The van der Waals surface area contributed by atoms with Crippen molar-refractivity contribution < 1.29 is 0 Å². The Kier molecular flexibility index (Phi) is 2.85. The zero-order valence-corrected chi connectivity index (χ0v) is 9.84. The Morgan fingerprint density at radius 3 is 2.79 bits per heavy atom. The molecule has 0 aromatic heterocycles. The van der Waals surface area contributed by atoms with Gasteiger partial charge in [0.1, 0.15) is 0 Å². The Morgan fingerprint density at radius 1 is 1.43 bits per heavy atom. The molecule has 1 heterocycles. The average molecular weight is 196 g/mol. The van der Waals surface area contributed by atoms with Gasteiger partial charge in [-0.05, 0) is 30.2 Å². The second-order valence-electron chi connectivity index (χ2n) is 5.96. The summed E-state index contributed by atoms with van der Waals surface area (Å²) in [6, 6.07) is 0. The molecule has 2 rings (SSSR count). The van der Waals surface area contributed by atoms with Gasteiger partial charge in [-0.2, -0.15) is 0 Å². The zero-order valence-electron chi connectivity index (χ0n) is 9.84. The van der Waals surface area contributed by atoms with Crippen LogP contribution in [-0.4, -0.2) is 37.6 Å². The van der Waals surface area contributed by atoms with Crippen molar-refractivity contribution in [2.45, 2.75) is 27.2 Å². The number of nitrogens with zero attached hydrogens (tertiary/aromatic N) is 1. The van der Waals surface area contributed by atoms with Gasteiger partial charge in [-0.3, -0.25) is 0 Å². The molecule has 1 aliphatic heterocycles. The predicted molar refractivity (Wildman–Crippen MR) is 60.4 cm³/mol. The molecule has 82 valence electrons. The SMILES string of the molecule is CC1CNCCN(CC2CC2(C)C)C1. The number of nitrogens with one attached hydrogen (secondary N) is 1. The van der Waals surface area contributed by atoms with E-state index in [2.05, 4.69) is 31.0 Å². The summed E-state index contributed by atoms with van der Waals surface area (Å²) < 4.78 is 0. The maximum absolute atomic E-state index is 3.50. The Morgan fingerprint density at radius 2 is 2.14 bits per heavy atom. The maximum Gasteiger partial charge on any atom is 0.0107 e. The quantitative estimate of drug-likeness (QED) is 0.721. The van der Waals surface area contributed by atoms with Crippen molar-refractivity contribution in [2.75, 3.05) is 32.7 Å². The molecule has 0 amide bonds. The Labute approximate surface area is 88.1 Å². The van der Waals surface area contributed by atoms with Crippen molar-refractivity contribution in [3.8, 4) is 0 Å². The van der Waals surface area contributed by atoms with E-state index in [1.165, 1.54) is 39.1 Å². The van der Waals surface area contributed by atoms with Gasteiger partial charge in [0.05, 0.1) is 0 Å². The fourth-order valence-electron chi connectivity index (χ4n) is 2.55. The summed E-state index contributed by atoms with van der Waals surface area (Å²) >= 11 is 0. The van der Waals surface area contributed by atoms with Crippen LogP contribution in [-0.2, 0) is 0 Å². The molecule has 0 radical (unpaired) electrons. The van der Waals surface area contributed by atoms with Crippen LogP contribution in [0.1, 0.15) is 27.2 Å². The fourth-order valence-corrected chi connectivity index (χ4v) is 2.55. The minimum absolute atomic E-state index is 0.642. The summed E-state index contributed by atoms with van der Waals surface area (Å²) in [6.07, 6.45) is 1.44. The van der Waals surface area contributed by atoms with Gasteiger partial charge >= 0.3 is 0 Å². The minimum Gasteiger partial charge on any atom is -0.315 e. The highest BCUT2D eigenvalue weighted by Crippen LogP contribution is 2.51. The van der Waals surface area contributed by atoms with Crippen molar-refractivity contribution in [1.29, 1.82) is 0 Å². The summed E-state index contributed by atoms with van der Waals surface area (Å²) in [5.74, 6) is 1.78. The van der Waals surface area contributed by atoms with Gasteiger partial charge in [-0.15, -0.1) is 0 Å². The van der Waals surface area contributed by atoms with Gasteiger partial charge < -0.3 is 10.2 Å². The normalized spacial score (nSPS) is 37.9. The van der Waals surface area contributed by atoms with E-state index in [1.807, 2.05) is 0 Å². The molecular weight excluding hydrogens is 172 g/mol. The molecule has 0 aromatic carbocycles. The lowest BCUT2D eigenvalue weighted by atomic mass is 10.1. The van der Waals surface area contributed by atoms with E-state index in [-0.39, 0.29) is 0 Å². The Bertz CT molecular complexity index is 200. The Hall–Kier alpha value is -0.0800. The number of rotatable bonds is 2. The van der Waals surface area contributed by atoms with Gasteiger partial charge in [-0.1, -0.05) is 20.8 Å². The van der Waals surface area contributed by atoms with E-state index >= 15 is 0 Å². The maximum atomic E-state index is 3.50. The molecule has 14 heavy (non-hydrogen) atoms. The van der Waals surface area contributed by atoms with E-state index in [0.29, 0.717) is 5.41 Å². The summed E-state index contributed by atoms with van der Waals surface area (Å²) in [7, 11) is 0. The highest BCUT2D eigenvalue weighted by molar-refractivity contribution is 4.97. The van der Waals surface area contributed by atoms with E-state index in [1.54, 1.807) is 0 Å². The van der Waals surface area contributed by atoms with Crippen molar-refractivity contribution in [2.24, 2.45) is 17.3 Å². The lowest BCUT2D eigenvalue weighted by molar-refractivity contribution is 0.243. The lowest BCUT2D eigenvalue weighted by Gasteiger charge is -2.22. The van der Waals surface area contributed by atoms with Crippen molar-refractivity contribution in [3.05, 3.63) is 0 Å². The molecule has 1 aliphatic carbocycles. The smallest absolute Gasteiger partial charge is 0.0107 e. The first-order valence-corrected chi connectivity index (χ1v) is 6.01. The van der Waals surface area contributed by atoms with Crippen LogP contribution in [0, 0.1) is 17.3 Å². The summed E-state index contributed by atoms with van der Waals surface area (Å²) in [4.78, 5) is 2.66. The molecular formula is C12H24N2. The van der Waals surface area contributed by atoms with Crippen LogP contribution < -0.4 is 5.32 Å². The number of hydrogen-bond acceptors (Lipinski definition) is 2. The first-order valence-electron chi connectivity index (χ1n) is 6.01. The van der Waals surface area contributed by atoms with Crippen molar-refractivity contribution >= 4 is 0 Å². The highest BCUT2D eigenvalue weighted by atomic mass is 15.2. The van der Waals surface area contributed by atoms with Crippen LogP contribution in [0.15, 0.2) is 0 Å². The largest absolute Gasteiger partial charge is 0.315 e. The topological polar surface area (TPSA) is 15.3 Å². The number of hydrogen-bond donors (Lipinski definition) is 1. The van der Waals surface area contributed by atoms with Gasteiger partial charge in [0.25, 0.3) is 0 Å². The van der Waals surface area contributed by atoms with Crippen LogP contribution >= 0.6 is 0 Å². The third-order valence-electron chi connectivity index (χ3n) is 3.86. The van der Waals surface area contributed by atoms with Crippen molar-refractivity contribution in [3.63, 3.8) is 0 Å². The molecule has 1 saturated carbocycles. The first-order chi connectivity index (χ1) is 6.58. The first kappa shape index (κ1) is 10.4. The minimum atomic E-state index is 0.642. The molecule has 0 bridgehead atoms. The van der Waals surface area contributed by atoms with Gasteiger partial charge in [0.15, 0.2) is 0 Å². The van der Waals surface area contributed by atoms with Crippen LogP contribution in [0.2, 0.25) is 0 Å². The second-order valence-corrected chi connectivity index (χ2v) is 5.96. The molecule has 0 aromatic rings. The molecule has 2 fully saturated rings. The molecule has 2 unspecified atom stereocenters. The third kappa shape index (κ3) is 2.48. The van der Waals surface area contributed by atoms with E-state index < -0.39 is 0 Å². The predicted octanol–water partition coefficient (Wildman–Crippen LogP) is 1.57. The van der Waals surface area contributed by atoms with E-state index in [9.17, 15) is 0 Å². The molecule has 1 saturated heterocycles. The van der Waals surface area contributed by atoms with E-state index in [4.69, 9.17) is 0 Å². The molecule has 2 nitrogen and oxygen atoms in total. The zero-order chi connectivity index (χ0) is 10.2. The van der Waals surface area contributed by atoms with E-state index in [0.717, 1.165) is 11.8 Å². The summed E-state index contributed by atoms with van der Waals surface area (Å²) in [6.45, 7) is 13.4. The van der Waals surface area contributed by atoms with Crippen LogP contribution in [0.25, 0.3) is 0 Å². The lowest BCUT2D eigenvalue weighted by Crippen LogP contribution is -2.32. The van der Waals surface area contributed by atoms with Gasteiger partial charge in [0.2, 0.25) is 0 Å². The van der Waals surface area contributed by atoms with Gasteiger partial charge in [0, 0.05) is 26.2 Å². The van der Waals surface area contributed by atoms with Crippen molar-refractivity contribution in [1.82, 2.24) is 10.2 Å². The molecule has 2 heteroatoms. The van der Waals surface area contributed by atoms with Crippen LogP contribution in [0.5, 0.6) is 0 Å². The third-order valence-corrected chi connectivity index (χ3v) is 3.86. The molecule has 0 spiro atoms. The summed E-state index contributed by atoms with van der Waals surface area (Å²) in [5, 5.41) is 3.50. The standard InChI is InChI=1S/C12H24N2/c1-10-7-13-4-5-14(8-10)9-11-6-12(11,2)3/h10-11,13H,4-9H2,1-3H3. The molecule has 2 atom stereocenters. The monoisotopic (exact) mass is 196 g/mol. The van der Waals surface area contributed by atoms with Crippen LogP contribution in [0.4, 0.5) is 0 Å². The molecule has 1 N–H and O–H groups in total. The highest BCUT2D eigenvalue weighted by Gasteiger charge is 2.45. The van der Waals surface area contributed by atoms with Crippen LogP contribution in [0.3, 0.4) is 0 Å². The Balaban J connectivity index is 1.79. The average Bonchev–Trinajstić information content (AvgIpc) is 2.72. The van der Waals surface area contributed by atoms with Gasteiger partial charge in [-0.25, -0.2) is 0 Å². The fraction of sp³-hybridized carbons (Fsp3) is 1.00.